The topological polar surface area (TPSA) is 59.1 Å². The first-order valence-electron chi connectivity index (χ1n) is 10.1. The van der Waals surface area contributed by atoms with Crippen molar-refractivity contribution in [3.63, 3.8) is 0 Å². The Morgan fingerprint density at radius 2 is 1.80 bits per heavy atom. The van der Waals surface area contributed by atoms with Crippen molar-refractivity contribution < 1.29 is 19.1 Å². The maximum Gasteiger partial charge on any atom is 0.335 e. The Morgan fingerprint density at radius 3 is 2.47 bits per heavy atom. The lowest BCUT2D eigenvalue weighted by molar-refractivity contribution is -0.154. The van der Waals surface area contributed by atoms with Gasteiger partial charge >= 0.3 is 5.97 Å². The summed E-state index contributed by atoms with van der Waals surface area (Å²) in [5.41, 5.74) is 2.61. The largest absolute Gasteiger partial charge is 0.464 e. The van der Waals surface area contributed by atoms with Crippen LogP contribution >= 0.6 is 11.6 Å². The molecule has 1 amide bonds. The number of benzene rings is 2. The Bertz CT molecular complexity index is 881. The average Bonchev–Trinajstić information content (AvgIpc) is 2.78. The molecule has 1 heterocycles. The molecule has 0 radical (unpaired) electrons. The summed E-state index contributed by atoms with van der Waals surface area (Å²) in [5.74, 6) is -0.386. The third-order valence-corrected chi connectivity index (χ3v) is 5.53. The fraction of sp³-hybridized carbons (Fsp3) is 0.391. The van der Waals surface area contributed by atoms with Gasteiger partial charge in [0.25, 0.3) is 5.91 Å². The van der Waals surface area contributed by atoms with E-state index in [1.54, 1.807) is 19.1 Å². The molecule has 2 aromatic rings. The molecule has 3 rings (SSSR count). The van der Waals surface area contributed by atoms with E-state index in [1.807, 2.05) is 35.2 Å². The van der Waals surface area contributed by atoms with E-state index >= 15 is 0 Å². The van der Waals surface area contributed by atoms with Crippen LogP contribution in [-0.4, -0.2) is 62.8 Å². The zero-order valence-electron chi connectivity index (χ0n) is 17.3. The van der Waals surface area contributed by atoms with Crippen molar-refractivity contribution in [2.75, 3.05) is 44.8 Å². The van der Waals surface area contributed by atoms with E-state index in [1.165, 1.54) is 7.11 Å². The highest BCUT2D eigenvalue weighted by atomic mass is 35.5. The maximum absolute atomic E-state index is 12.8. The van der Waals surface area contributed by atoms with Gasteiger partial charge in [0, 0.05) is 45.4 Å². The molecular formula is C23H27ClN2O4. The summed E-state index contributed by atoms with van der Waals surface area (Å²) < 4.78 is 10.4. The van der Waals surface area contributed by atoms with Crippen LogP contribution in [0.1, 0.15) is 22.8 Å². The number of carbonyl (C=O) groups excluding carboxylic acids is 2. The highest BCUT2D eigenvalue weighted by Gasteiger charge is 2.24. The van der Waals surface area contributed by atoms with Gasteiger partial charge in [0.1, 0.15) is 0 Å². The number of piperazine rings is 1. The van der Waals surface area contributed by atoms with Crippen molar-refractivity contribution in [3.05, 3.63) is 64.7 Å². The number of amides is 1. The van der Waals surface area contributed by atoms with Gasteiger partial charge in [-0.25, -0.2) is 4.79 Å². The minimum Gasteiger partial charge on any atom is -0.464 e. The molecule has 1 aliphatic heterocycles. The smallest absolute Gasteiger partial charge is 0.335 e. The van der Waals surface area contributed by atoms with Gasteiger partial charge < -0.3 is 19.3 Å². The van der Waals surface area contributed by atoms with Gasteiger partial charge in [-0.1, -0.05) is 35.9 Å². The fourth-order valence-corrected chi connectivity index (χ4v) is 3.78. The molecule has 6 nitrogen and oxygen atoms in total. The molecule has 1 atom stereocenters. The predicted octanol–water partition coefficient (Wildman–Crippen LogP) is 3.42. The lowest BCUT2D eigenvalue weighted by Crippen LogP contribution is -2.48. The number of anilines is 1. The Labute approximate surface area is 182 Å². The first-order chi connectivity index (χ1) is 14.5. The summed E-state index contributed by atoms with van der Waals surface area (Å²) in [6.07, 6.45) is -0.168. The van der Waals surface area contributed by atoms with Gasteiger partial charge in [-0.05, 0) is 36.8 Å². The van der Waals surface area contributed by atoms with Gasteiger partial charge in [0.2, 0.25) is 0 Å². The highest BCUT2D eigenvalue weighted by Crippen LogP contribution is 2.22. The molecule has 0 spiro atoms. The number of ether oxygens (including phenoxy) is 2. The van der Waals surface area contributed by atoms with Crippen molar-refractivity contribution in [1.29, 1.82) is 0 Å². The van der Waals surface area contributed by atoms with Crippen molar-refractivity contribution in [2.45, 2.75) is 19.4 Å². The second-order valence-electron chi connectivity index (χ2n) is 7.11. The van der Waals surface area contributed by atoms with E-state index in [2.05, 4.69) is 11.0 Å². The number of esters is 1. The number of halogens is 1. The van der Waals surface area contributed by atoms with E-state index in [0.717, 1.165) is 24.3 Å². The Balaban J connectivity index is 1.62. The predicted molar refractivity (Wildman–Crippen MR) is 117 cm³/mol. The molecule has 0 saturated carbocycles. The number of rotatable bonds is 7. The van der Waals surface area contributed by atoms with Crippen molar-refractivity contribution >= 4 is 29.2 Å². The lowest BCUT2D eigenvalue weighted by atomic mass is 10.1. The van der Waals surface area contributed by atoms with Crippen LogP contribution in [0.2, 0.25) is 5.02 Å². The summed E-state index contributed by atoms with van der Waals surface area (Å²) in [6, 6.07) is 15.2. The summed E-state index contributed by atoms with van der Waals surface area (Å²) in [4.78, 5) is 28.8. The number of hydrogen-bond acceptors (Lipinski definition) is 5. The second kappa shape index (κ2) is 10.5. The summed E-state index contributed by atoms with van der Waals surface area (Å²) in [6.45, 7) is 4.81. The van der Waals surface area contributed by atoms with Crippen LogP contribution in [-0.2, 0) is 20.7 Å². The van der Waals surface area contributed by atoms with Gasteiger partial charge in [-0.2, -0.15) is 0 Å². The average molecular weight is 431 g/mol. The molecule has 0 aromatic heterocycles. The molecule has 1 fully saturated rings. The molecule has 1 aliphatic rings. The quantitative estimate of drug-likeness (QED) is 0.630. The number of hydrogen-bond donors (Lipinski definition) is 0. The summed E-state index contributed by atoms with van der Waals surface area (Å²) in [5, 5.41) is 0.479. The number of carbonyl (C=O) groups is 2. The first kappa shape index (κ1) is 22.1. The molecular weight excluding hydrogens is 404 g/mol. The summed E-state index contributed by atoms with van der Waals surface area (Å²) >= 11 is 6.17. The normalized spacial score (nSPS) is 15.0. The molecule has 0 N–H and O–H groups in total. The van der Waals surface area contributed by atoms with Crippen LogP contribution in [0.5, 0.6) is 0 Å². The standard InChI is InChI=1S/C23H27ClN2O4/c1-3-30-23(28)21(29-2)16-17-7-6-8-18(15-17)25-11-13-26(14-12-25)22(27)19-9-4-5-10-20(19)24/h4-10,15,21H,3,11-14,16H2,1-2H3. The minimum absolute atomic E-state index is 0.0358. The van der Waals surface area contributed by atoms with Gasteiger partial charge in [-0.15, -0.1) is 0 Å². The molecule has 0 bridgehead atoms. The molecule has 160 valence electrons. The lowest BCUT2D eigenvalue weighted by Gasteiger charge is -2.36. The van der Waals surface area contributed by atoms with Crippen molar-refractivity contribution in [1.82, 2.24) is 4.90 Å². The van der Waals surface area contributed by atoms with Crippen molar-refractivity contribution in [2.24, 2.45) is 0 Å². The van der Waals surface area contributed by atoms with Crippen LogP contribution in [0.4, 0.5) is 5.69 Å². The van der Waals surface area contributed by atoms with E-state index in [9.17, 15) is 9.59 Å². The molecule has 7 heteroatoms. The molecule has 1 saturated heterocycles. The number of nitrogens with zero attached hydrogens (tertiary/aromatic N) is 2. The van der Waals surface area contributed by atoms with Crippen LogP contribution in [0.3, 0.4) is 0 Å². The molecule has 1 unspecified atom stereocenters. The Kier molecular flexibility index (Phi) is 7.71. The fourth-order valence-electron chi connectivity index (χ4n) is 3.57. The van der Waals surface area contributed by atoms with Gasteiger partial charge in [-0.3, -0.25) is 4.79 Å². The molecule has 0 aliphatic carbocycles. The van der Waals surface area contributed by atoms with Gasteiger partial charge in [0.15, 0.2) is 6.10 Å². The van der Waals surface area contributed by atoms with E-state index in [4.69, 9.17) is 21.1 Å². The first-order valence-corrected chi connectivity index (χ1v) is 10.5. The summed E-state index contributed by atoms with van der Waals surface area (Å²) in [7, 11) is 1.51. The monoisotopic (exact) mass is 430 g/mol. The van der Waals surface area contributed by atoms with E-state index in [-0.39, 0.29) is 11.9 Å². The zero-order chi connectivity index (χ0) is 21.5. The van der Waals surface area contributed by atoms with Crippen LogP contribution in [0.15, 0.2) is 48.5 Å². The third kappa shape index (κ3) is 5.32. The molecule has 2 aromatic carbocycles. The van der Waals surface area contributed by atoms with Crippen LogP contribution in [0, 0.1) is 0 Å². The second-order valence-corrected chi connectivity index (χ2v) is 7.52. The highest BCUT2D eigenvalue weighted by molar-refractivity contribution is 6.33. The molecule has 30 heavy (non-hydrogen) atoms. The van der Waals surface area contributed by atoms with Gasteiger partial charge in [0.05, 0.1) is 17.2 Å². The van der Waals surface area contributed by atoms with Crippen LogP contribution in [0.25, 0.3) is 0 Å². The SMILES string of the molecule is CCOC(=O)C(Cc1cccc(N2CCN(C(=O)c3ccccc3Cl)CC2)c1)OC. The van der Waals surface area contributed by atoms with Crippen molar-refractivity contribution in [3.8, 4) is 0 Å². The van der Waals surface area contributed by atoms with E-state index in [0.29, 0.717) is 36.7 Å². The maximum atomic E-state index is 12.8. The Morgan fingerprint density at radius 1 is 1.07 bits per heavy atom. The minimum atomic E-state index is -0.620. The van der Waals surface area contributed by atoms with E-state index < -0.39 is 6.10 Å². The Hall–Kier alpha value is -2.57. The zero-order valence-corrected chi connectivity index (χ0v) is 18.1. The van der Waals surface area contributed by atoms with Crippen LogP contribution < -0.4 is 4.90 Å². The number of methoxy groups -OCH3 is 1. The third-order valence-electron chi connectivity index (χ3n) is 5.20.